The minimum atomic E-state index is -0.111. The van der Waals surface area contributed by atoms with Crippen LogP contribution in [0.25, 0.3) is 0 Å². The number of anilines is 1. The van der Waals surface area contributed by atoms with Crippen molar-refractivity contribution in [3.63, 3.8) is 0 Å². The normalized spacial score (nSPS) is 25.4. The summed E-state index contributed by atoms with van der Waals surface area (Å²) in [4.78, 5) is 0. The van der Waals surface area contributed by atoms with Gasteiger partial charge in [-0.2, -0.15) is 0 Å². The summed E-state index contributed by atoms with van der Waals surface area (Å²) in [6.07, 6.45) is 5.06. The van der Waals surface area contributed by atoms with Crippen molar-refractivity contribution in [1.29, 1.82) is 0 Å². The Morgan fingerprint density at radius 3 is 2.86 bits per heavy atom. The molecule has 2 heteroatoms. The molecular formula is C12H14FN. The topological polar surface area (TPSA) is 12.0 Å². The first-order valence-electron chi connectivity index (χ1n) is 5.38. The first kappa shape index (κ1) is 8.27. The first-order chi connectivity index (χ1) is 6.83. The highest BCUT2D eigenvalue weighted by Gasteiger charge is 2.31. The van der Waals surface area contributed by atoms with Crippen LogP contribution in [0.5, 0.6) is 0 Å². The number of fused-ring (bicyclic) bond motifs is 1. The fourth-order valence-corrected chi connectivity index (χ4v) is 2.49. The van der Waals surface area contributed by atoms with E-state index in [0.29, 0.717) is 6.04 Å². The van der Waals surface area contributed by atoms with Crippen LogP contribution in [0.4, 0.5) is 10.1 Å². The largest absolute Gasteiger partial charge is 0.381 e. The molecule has 0 saturated heterocycles. The molecule has 2 aliphatic rings. The Morgan fingerprint density at radius 1 is 1.29 bits per heavy atom. The highest BCUT2D eigenvalue weighted by atomic mass is 19.1. The SMILES string of the molecule is Fc1ccc2c(c1)CC(C1CCC1)N2. The van der Waals surface area contributed by atoms with Crippen molar-refractivity contribution < 1.29 is 4.39 Å². The molecule has 3 rings (SSSR count). The van der Waals surface area contributed by atoms with Crippen LogP contribution in [0.3, 0.4) is 0 Å². The Bertz CT molecular complexity index is 357. The molecule has 14 heavy (non-hydrogen) atoms. The average Bonchev–Trinajstić information content (AvgIpc) is 2.43. The van der Waals surface area contributed by atoms with Gasteiger partial charge in [-0.05, 0) is 48.9 Å². The molecule has 1 fully saturated rings. The maximum Gasteiger partial charge on any atom is 0.123 e. The van der Waals surface area contributed by atoms with E-state index in [4.69, 9.17) is 0 Å². The van der Waals surface area contributed by atoms with Gasteiger partial charge in [0.1, 0.15) is 5.82 Å². The maximum atomic E-state index is 13.0. The lowest BCUT2D eigenvalue weighted by Crippen LogP contribution is -2.31. The zero-order valence-electron chi connectivity index (χ0n) is 8.09. The Labute approximate surface area is 83.3 Å². The number of hydrogen-bond donors (Lipinski definition) is 1. The third kappa shape index (κ3) is 1.21. The summed E-state index contributed by atoms with van der Waals surface area (Å²) >= 11 is 0. The smallest absolute Gasteiger partial charge is 0.123 e. The van der Waals surface area contributed by atoms with E-state index in [2.05, 4.69) is 5.32 Å². The van der Waals surface area contributed by atoms with E-state index in [-0.39, 0.29) is 5.82 Å². The zero-order valence-corrected chi connectivity index (χ0v) is 8.09. The minimum absolute atomic E-state index is 0.111. The second-order valence-electron chi connectivity index (χ2n) is 4.45. The van der Waals surface area contributed by atoms with Crippen molar-refractivity contribution in [2.24, 2.45) is 5.92 Å². The molecule has 0 bridgehead atoms. The van der Waals surface area contributed by atoms with Crippen LogP contribution in [0, 0.1) is 11.7 Å². The molecule has 1 saturated carbocycles. The van der Waals surface area contributed by atoms with Crippen LogP contribution < -0.4 is 5.32 Å². The van der Waals surface area contributed by atoms with Gasteiger partial charge < -0.3 is 5.32 Å². The van der Waals surface area contributed by atoms with E-state index in [1.807, 2.05) is 6.07 Å². The molecule has 1 aromatic rings. The van der Waals surface area contributed by atoms with Crippen LogP contribution in [0.1, 0.15) is 24.8 Å². The molecule has 74 valence electrons. The van der Waals surface area contributed by atoms with Gasteiger partial charge in [0.05, 0.1) is 0 Å². The van der Waals surface area contributed by atoms with Crippen molar-refractivity contribution in [1.82, 2.24) is 0 Å². The second kappa shape index (κ2) is 2.97. The minimum Gasteiger partial charge on any atom is -0.381 e. The molecule has 1 aliphatic heterocycles. The van der Waals surface area contributed by atoms with Gasteiger partial charge in [0, 0.05) is 11.7 Å². The van der Waals surface area contributed by atoms with Gasteiger partial charge in [0.25, 0.3) is 0 Å². The van der Waals surface area contributed by atoms with E-state index >= 15 is 0 Å². The predicted octanol–water partition coefficient (Wildman–Crippen LogP) is 2.96. The van der Waals surface area contributed by atoms with E-state index in [0.717, 1.165) is 23.6 Å². The third-order valence-corrected chi connectivity index (χ3v) is 3.57. The molecule has 1 aromatic carbocycles. The van der Waals surface area contributed by atoms with Crippen LogP contribution >= 0.6 is 0 Å². The standard InChI is InChI=1S/C12H14FN/c13-10-4-5-11-9(6-10)7-12(14-11)8-2-1-3-8/h4-6,8,12,14H,1-3,7H2. The molecule has 1 aliphatic carbocycles. The first-order valence-corrected chi connectivity index (χ1v) is 5.38. The summed E-state index contributed by atoms with van der Waals surface area (Å²) in [6, 6.07) is 5.64. The number of rotatable bonds is 1. The van der Waals surface area contributed by atoms with Crippen LogP contribution in [0.2, 0.25) is 0 Å². The van der Waals surface area contributed by atoms with Gasteiger partial charge in [0.2, 0.25) is 0 Å². The summed E-state index contributed by atoms with van der Waals surface area (Å²) in [6.45, 7) is 0. The molecule has 1 heterocycles. The van der Waals surface area contributed by atoms with E-state index in [1.54, 1.807) is 6.07 Å². The molecule has 1 unspecified atom stereocenters. The van der Waals surface area contributed by atoms with E-state index < -0.39 is 0 Å². The summed E-state index contributed by atoms with van der Waals surface area (Å²) in [5.74, 6) is 0.713. The Morgan fingerprint density at radius 2 is 2.14 bits per heavy atom. The summed E-state index contributed by atoms with van der Waals surface area (Å²) in [7, 11) is 0. The average molecular weight is 191 g/mol. The number of benzene rings is 1. The van der Waals surface area contributed by atoms with Crippen molar-refractivity contribution in [3.8, 4) is 0 Å². The Balaban J connectivity index is 1.82. The summed E-state index contributed by atoms with van der Waals surface area (Å²) < 4.78 is 13.0. The maximum absolute atomic E-state index is 13.0. The fourth-order valence-electron chi connectivity index (χ4n) is 2.49. The number of halogens is 1. The number of hydrogen-bond acceptors (Lipinski definition) is 1. The van der Waals surface area contributed by atoms with Crippen molar-refractivity contribution in [2.75, 3.05) is 5.32 Å². The molecule has 1 nitrogen and oxygen atoms in total. The molecular weight excluding hydrogens is 177 g/mol. The van der Waals surface area contributed by atoms with Crippen molar-refractivity contribution >= 4 is 5.69 Å². The predicted molar refractivity (Wildman–Crippen MR) is 54.9 cm³/mol. The molecule has 0 spiro atoms. The lowest BCUT2D eigenvalue weighted by molar-refractivity contribution is 0.278. The van der Waals surface area contributed by atoms with E-state index in [9.17, 15) is 4.39 Å². The van der Waals surface area contributed by atoms with Crippen LogP contribution in [0.15, 0.2) is 18.2 Å². The monoisotopic (exact) mass is 191 g/mol. The Kier molecular flexibility index (Phi) is 1.76. The lowest BCUT2D eigenvalue weighted by atomic mass is 9.79. The zero-order chi connectivity index (χ0) is 9.54. The quantitative estimate of drug-likeness (QED) is 0.719. The van der Waals surface area contributed by atoms with Gasteiger partial charge in [-0.25, -0.2) is 4.39 Å². The summed E-state index contributed by atoms with van der Waals surface area (Å²) in [5, 5.41) is 3.50. The van der Waals surface area contributed by atoms with Gasteiger partial charge in [-0.15, -0.1) is 0 Å². The Hall–Kier alpha value is -1.05. The van der Waals surface area contributed by atoms with Gasteiger partial charge in [0.15, 0.2) is 0 Å². The van der Waals surface area contributed by atoms with Crippen molar-refractivity contribution in [3.05, 3.63) is 29.6 Å². The van der Waals surface area contributed by atoms with Gasteiger partial charge >= 0.3 is 0 Å². The third-order valence-electron chi connectivity index (χ3n) is 3.57. The number of nitrogens with one attached hydrogen (secondary N) is 1. The molecule has 0 amide bonds. The fraction of sp³-hybridized carbons (Fsp3) is 0.500. The second-order valence-corrected chi connectivity index (χ2v) is 4.45. The summed E-state index contributed by atoms with van der Waals surface area (Å²) in [5.41, 5.74) is 2.30. The molecule has 0 radical (unpaired) electrons. The highest BCUT2D eigenvalue weighted by Crippen LogP contribution is 2.37. The molecule has 0 aromatic heterocycles. The lowest BCUT2D eigenvalue weighted by Gasteiger charge is -2.31. The van der Waals surface area contributed by atoms with E-state index in [1.165, 1.54) is 25.3 Å². The molecule has 1 N–H and O–H groups in total. The van der Waals surface area contributed by atoms with Gasteiger partial charge in [-0.1, -0.05) is 6.42 Å². The molecule has 1 atom stereocenters. The van der Waals surface area contributed by atoms with Crippen LogP contribution in [-0.4, -0.2) is 6.04 Å². The van der Waals surface area contributed by atoms with Gasteiger partial charge in [-0.3, -0.25) is 0 Å². The van der Waals surface area contributed by atoms with Crippen LogP contribution in [-0.2, 0) is 6.42 Å². The highest BCUT2D eigenvalue weighted by molar-refractivity contribution is 5.57. The van der Waals surface area contributed by atoms with Crippen molar-refractivity contribution in [2.45, 2.75) is 31.7 Å².